The molecule has 1 rings (SSSR count). The van der Waals surface area contributed by atoms with Crippen molar-refractivity contribution in [3.05, 3.63) is 23.8 Å². The van der Waals surface area contributed by atoms with Gasteiger partial charge in [0.05, 0.1) is 18.4 Å². The summed E-state index contributed by atoms with van der Waals surface area (Å²) in [6, 6.07) is 6.15. The van der Waals surface area contributed by atoms with Crippen LogP contribution in [0, 0.1) is 11.3 Å². The van der Waals surface area contributed by atoms with Gasteiger partial charge >= 0.3 is 6.18 Å². The fraction of sp³-hybridized carbons (Fsp3) is 0.364. The van der Waals surface area contributed by atoms with Crippen LogP contribution < -0.4 is 10.1 Å². The van der Waals surface area contributed by atoms with E-state index < -0.39 is 18.8 Å². The Labute approximate surface area is 102 Å². The number of hydrogen-bond acceptors (Lipinski definition) is 4. The molecule has 0 aliphatic rings. The van der Waals surface area contributed by atoms with Gasteiger partial charge in [-0.2, -0.15) is 18.4 Å². The maximum atomic E-state index is 12.1. The van der Waals surface area contributed by atoms with Gasteiger partial charge in [0.2, 0.25) is 0 Å². The maximum Gasteiger partial charge on any atom is 0.416 e. The predicted molar refractivity (Wildman–Crippen MR) is 58.3 cm³/mol. The highest BCUT2D eigenvalue weighted by molar-refractivity contribution is 5.60. The molecule has 18 heavy (non-hydrogen) atoms. The standard InChI is InChI=1S/C11H11F3N2O2/c1-18-8-3-2-7(5-15)9(4-8)16-6-10(17)11(12,13)14/h2-4,10,16-17H,6H2,1H3. The molecule has 0 radical (unpaired) electrons. The molecule has 0 saturated carbocycles. The van der Waals surface area contributed by atoms with E-state index in [-0.39, 0.29) is 11.3 Å². The van der Waals surface area contributed by atoms with E-state index in [0.717, 1.165) is 0 Å². The number of benzene rings is 1. The molecule has 0 aromatic heterocycles. The van der Waals surface area contributed by atoms with Crippen molar-refractivity contribution < 1.29 is 23.0 Å². The first kappa shape index (κ1) is 14.1. The monoisotopic (exact) mass is 260 g/mol. The van der Waals surface area contributed by atoms with E-state index in [0.29, 0.717) is 5.75 Å². The number of methoxy groups -OCH3 is 1. The zero-order valence-corrected chi connectivity index (χ0v) is 9.45. The molecule has 1 unspecified atom stereocenters. The highest BCUT2D eigenvalue weighted by atomic mass is 19.4. The van der Waals surface area contributed by atoms with Crippen molar-refractivity contribution >= 4 is 5.69 Å². The van der Waals surface area contributed by atoms with Gasteiger partial charge in [-0.3, -0.25) is 0 Å². The third-order valence-electron chi connectivity index (χ3n) is 2.21. The largest absolute Gasteiger partial charge is 0.497 e. The summed E-state index contributed by atoms with van der Waals surface area (Å²) in [6.07, 6.45) is -7.19. The van der Waals surface area contributed by atoms with Gasteiger partial charge in [-0.1, -0.05) is 0 Å². The third-order valence-corrected chi connectivity index (χ3v) is 2.21. The number of nitrogens with zero attached hydrogens (tertiary/aromatic N) is 1. The third kappa shape index (κ3) is 3.53. The number of hydrogen-bond donors (Lipinski definition) is 2. The van der Waals surface area contributed by atoms with Crippen LogP contribution in [0.15, 0.2) is 18.2 Å². The quantitative estimate of drug-likeness (QED) is 0.867. The smallest absolute Gasteiger partial charge is 0.416 e. The van der Waals surface area contributed by atoms with E-state index >= 15 is 0 Å². The molecule has 0 spiro atoms. The van der Waals surface area contributed by atoms with Crippen LogP contribution in [0.5, 0.6) is 5.75 Å². The highest BCUT2D eigenvalue weighted by Crippen LogP contribution is 2.24. The lowest BCUT2D eigenvalue weighted by atomic mass is 10.2. The van der Waals surface area contributed by atoms with Gasteiger partial charge < -0.3 is 15.2 Å². The molecule has 0 amide bonds. The summed E-state index contributed by atoms with van der Waals surface area (Å²) in [7, 11) is 1.40. The van der Waals surface area contributed by atoms with Crippen molar-refractivity contribution in [3.63, 3.8) is 0 Å². The minimum absolute atomic E-state index is 0.171. The minimum Gasteiger partial charge on any atom is -0.497 e. The van der Waals surface area contributed by atoms with Gasteiger partial charge in [0, 0.05) is 12.6 Å². The average molecular weight is 260 g/mol. The lowest BCUT2D eigenvalue weighted by molar-refractivity contribution is -0.198. The van der Waals surface area contributed by atoms with Crippen LogP contribution in [0.3, 0.4) is 0 Å². The number of rotatable bonds is 4. The molecule has 1 atom stereocenters. The maximum absolute atomic E-state index is 12.1. The number of aliphatic hydroxyl groups excluding tert-OH is 1. The number of alkyl halides is 3. The lowest BCUT2D eigenvalue weighted by Crippen LogP contribution is -2.35. The molecular formula is C11H11F3N2O2. The summed E-state index contributed by atoms with van der Waals surface area (Å²) in [5, 5.41) is 20.0. The van der Waals surface area contributed by atoms with E-state index in [1.807, 2.05) is 6.07 Å². The second kappa shape index (κ2) is 5.60. The zero-order valence-electron chi connectivity index (χ0n) is 9.45. The Bertz CT molecular complexity index is 455. The Morgan fingerprint density at radius 3 is 2.67 bits per heavy atom. The van der Waals surface area contributed by atoms with Gasteiger partial charge in [0.1, 0.15) is 11.8 Å². The summed E-state index contributed by atoms with van der Waals surface area (Å²) >= 11 is 0. The minimum atomic E-state index is -4.70. The molecule has 2 N–H and O–H groups in total. The van der Waals surface area contributed by atoms with E-state index in [9.17, 15) is 13.2 Å². The average Bonchev–Trinajstić information content (AvgIpc) is 2.34. The van der Waals surface area contributed by atoms with Crippen LogP contribution in [0.25, 0.3) is 0 Å². The SMILES string of the molecule is COc1ccc(C#N)c(NCC(O)C(F)(F)F)c1. The molecule has 1 aromatic rings. The van der Waals surface area contributed by atoms with Crippen molar-refractivity contribution in [2.24, 2.45) is 0 Å². The molecule has 0 aliphatic heterocycles. The molecule has 1 aromatic carbocycles. The van der Waals surface area contributed by atoms with E-state index in [1.54, 1.807) is 0 Å². The van der Waals surface area contributed by atoms with Crippen LogP contribution in [-0.4, -0.2) is 31.0 Å². The molecule has 7 heteroatoms. The van der Waals surface area contributed by atoms with Crippen molar-refractivity contribution in [2.45, 2.75) is 12.3 Å². The Hall–Kier alpha value is -1.94. The van der Waals surface area contributed by atoms with Crippen LogP contribution in [0.1, 0.15) is 5.56 Å². The molecule has 98 valence electrons. The second-order valence-corrected chi connectivity index (χ2v) is 3.46. The fourth-order valence-corrected chi connectivity index (χ4v) is 1.22. The van der Waals surface area contributed by atoms with Crippen molar-refractivity contribution in [1.82, 2.24) is 0 Å². The van der Waals surface area contributed by atoms with E-state index in [1.165, 1.54) is 25.3 Å². The molecule has 0 aliphatic carbocycles. The van der Waals surface area contributed by atoms with Gasteiger partial charge in [0.25, 0.3) is 0 Å². The zero-order chi connectivity index (χ0) is 13.8. The summed E-state index contributed by atoms with van der Waals surface area (Å²) in [5.41, 5.74) is 0.352. The summed E-state index contributed by atoms with van der Waals surface area (Å²) in [5.74, 6) is 0.401. The Morgan fingerprint density at radius 1 is 1.50 bits per heavy atom. The number of nitriles is 1. The number of halogens is 3. The molecule has 0 heterocycles. The fourth-order valence-electron chi connectivity index (χ4n) is 1.22. The van der Waals surface area contributed by atoms with E-state index in [2.05, 4.69) is 5.32 Å². The summed E-state index contributed by atoms with van der Waals surface area (Å²) < 4.78 is 41.2. The summed E-state index contributed by atoms with van der Waals surface area (Å²) in [4.78, 5) is 0. The first-order valence-corrected chi connectivity index (χ1v) is 4.95. The van der Waals surface area contributed by atoms with Crippen molar-refractivity contribution in [3.8, 4) is 11.8 Å². The van der Waals surface area contributed by atoms with Crippen LogP contribution >= 0.6 is 0 Å². The van der Waals surface area contributed by atoms with Crippen LogP contribution in [-0.2, 0) is 0 Å². The number of nitrogens with one attached hydrogen (secondary N) is 1. The lowest BCUT2D eigenvalue weighted by Gasteiger charge is -2.16. The predicted octanol–water partition coefficient (Wildman–Crippen LogP) is 1.90. The van der Waals surface area contributed by atoms with Gasteiger partial charge in [-0.05, 0) is 12.1 Å². The normalized spacial score (nSPS) is 12.7. The molecule has 4 nitrogen and oxygen atoms in total. The number of anilines is 1. The van der Waals surface area contributed by atoms with Gasteiger partial charge in [0.15, 0.2) is 6.10 Å². The number of aliphatic hydroxyl groups is 1. The molecular weight excluding hydrogens is 249 g/mol. The highest BCUT2D eigenvalue weighted by Gasteiger charge is 2.37. The van der Waals surface area contributed by atoms with Crippen LogP contribution in [0.4, 0.5) is 18.9 Å². The van der Waals surface area contributed by atoms with Gasteiger partial charge in [-0.15, -0.1) is 0 Å². The van der Waals surface area contributed by atoms with Crippen molar-refractivity contribution in [1.29, 1.82) is 5.26 Å². The molecule has 0 bridgehead atoms. The Kier molecular flexibility index (Phi) is 4.39. The van der Waals surface area contributed by atoms with E-state index in [4.69, 9.17) is 15.1 Å². The van der Waals surface area contributed by atoms with Crippen molar-refractivity contribution in [2.75, 3.05) is 19.0 Å². The number of ether oxygens (including phenoxy) is 1. The van der Waals surface area contributed by atoms with Gasteiger partial charge in [-0.25, -0.2) is 0 Å². The molecule has 0 fully saturated rings. The Balaban J connectivity index is 2.81. The topological polar surface area (TPSA) is 65.3 Å². The summed E-state index contributed by atoms with van der Waals surface area (Å²) in [6.45, 7) is -0.731. The Morgan fingerprint density at radius 2 is 2.17 bits per heavy atom. The first-order chi connectivity index (χ1) is 8.38. The molecule has 0 saturated heterocycles. The second-order valence-electron chi connectivity index (χ2n) is 3.46. The first-order valence-electron chi connectivity index (χ1n) is 4.95. The van der Waals surface area contributed by atoms with Crippen LogP contribution in [0.2, 0.25) is 0 Å².